The molecule has 76 valence electrons. The highest BCUT2D eigenvalue weighted by molar-refractivity contribution is 9.10. The zero-order valence-electron chi connectivity index (χ0n) is 8.24. The molecule has 0 aliphatic heterocycles. The van der Waals surface area contributed by atoms with Gasteiger partial charge in [-0.3, -0.25) is 4.79 Å². The number of ether oxygens (including phenoxy) is 1. The van der Waals surface area contributed by atoms with Gasteiger partial charge in [-0.25, -0.2) is 9.97 Å². The van der Waals surface area contributed by atoms with Crippen molar-refractivity contribution in [2.45, 2.75) is 19.3 Å². The van der Waals surface area contributed by atoms with Gasteiger partial charge in [0.05, 0.1) is 11.6 Å². The minimum Gasteiger partial charge on any atom is -0.468 e. The highest BCUT2D eigenvalue weighted by Crippen LogP contribution is 2.21. The average Bonchev–Trinajstić information content (AvgIpc) is 2.17. The molecule has 5 heteroatoms. The molecule has 1 aromatic heterocycles. The van der Waals surface area contributed by atoms with Crippen molar-refractivity contribution in [2.75, 3.05) is 7.11 Å². The molecule has 0 fully saturated rings. The maximum Gasteiger partial charge on any atom is 0.318 e. The van der Waals surface area contributed by atoms with Gasteiger partial charge in [0.1, 0.15) is 11.2 Å². The molecule has 1 rings (SSSR count). The van der Waals surface area contributed by atoms with Crippen LogP contribution >= 0.6 is 15.9 Å². The number of nitrogens with zero attached hydrogens (tertiary/aromatic N) is 2. The summed E-state index contributed by atoms with van der Waals surface area (Å²) >= 11 is 3.23. The normalized spacial score (nSPS) is 11.1. The van der Waals surface area contributed by atoms with E-state index in [2.05, 4.69) is 30.6 Å². The molecule has 14 heavy (non-hydrogen) atoms. The Morgan fingerprint density at radius 2 is 1.93 bits per heavy atom. The van der Waals surface area contributed by atoms with Crippen molar-refractivity contribution in [1.82, 2.24) is 9.97 Å². The molecule has 1 aromatic rings. The standard InChI is InChI=1S/C9H11BrN2O2/c1-9(2,8(13)14-3)7-11-4-6(10)5-12-7/h4-5H,1-3H3. The minimum atomic E-state index is -0.810. The van der Waals surface area contributed by atoms with Crippen LogP contribution in [0, 0.1) is 0 Å². The Kier molecular flexibility index (Phi) is 3.21. The average molecular weight is 259 g/mol. The first kappa shape index (κ1) is 11.1. The summed E-state index contributed by atoms with van der Waals surface area (Å²) in [6.07, 6.45) is 3.21. The van der Waals surface area contributed by atoms with Gasteiger partial charge in [-0.1, -0.05) is 0 Å². The molecule has 0 atom stereocenters. The summed E-state index contributed by atoms with van der Waals surface area (Å²) in [5.41, 5.74) is -0.810. The second kappa shape index (κ2) is 4.04. The lowest BCUT2D eigenvalue weighted by atomic mass is 9.93. The second-order valence-corrected chi connectivity index (χ2v) is 4.26. The smallest absolute Gasteiger partial charge is 0.318 e. The van der Waals surface area contributed by atoms with E-state index in [-0.39, 0.29) is 5.97 Å². The van der Waals surface area contributed by atoms with Crippen LogP contribution in [0.25, 0.3) is 0 Å². The fourth-order valence-electron chi connectivity index (χ4n) is 0.981. The van der Waals surface area contributed by atoms with E-state index >= 15 is 0 Å². The topological polar surface area (TPSA) is 52.1 Å². The Balaban J connectivity index is 3.03. The van der Waals surface area contributed by atoms with Crippen LogP contribution in [0.15, 0.2) is 16.9 Å². The number of carbonyl (C=O) groups is 1. The fourth-order valence-corrected chi connectivity index (χ4v) is 1.19. The van der Waals surface area contributed by atoms with Gasteiger partial charge in [-0.05, 0) is 29.8 Å². The minimum absolute atomic E-state index is 0.347. The maximum atomic E-state index is 11.4. The Bertz CT molecular complexity index is 335. The lowest BCUT2D eigenvalue weighted by molar-refractivity contribution is -0.146. The van der Waals surface area contributed by atoms with Crippen molar-refractivity contribution in [3.8, 4) is 0 Å². The summed E-state index contributed by atoms with van der Waals surface area (Å²) in [4.78, 5) is 19.5. The van der Waals surface area contributed by atoms with Gasteiger partial charge in [0.25, 0.3) is 0 Å². The molecule has 0 amide bonds. The number of esters is 1. The Labute approximate surface area is 90.8 Å². The maximum absolute atomic E-state index is 11.4. The first-order chi connectivity index (χ1) is 6.48. The zero-order valence-corrected chi connectivity index (χ0v) is 9.83. The number of halogens is 1. The third kappa shape index (κ3) is 2.09. The van der Waals surface area contributed by atoms with E-state index in [0.29, 0.717) is 5.82 Å². The van der Waals surface area contributed by atoms with Crippen LogP contribution in [0.4, 0.5) is 0 Å². The molecular formula is C9H11BrN2O2. The van der Waals surface area contributed by atoms with E-state index < -0.39 is 5.41 Å². The molecule has 0 aliphatic carbocycles. The summed E-state index contributed by atoms with van der Waals surface area (Å²) in [6.45, 7) is 3.45. The third-order valence-corrected chi connectivity index (χ3v) is 2.28. The van der Waals surface area contributed by atoms with Crippen molar-refractivity contribution >= 4 is 21.9 Å². The van der Waals surface area contributed by atoms with Crippen LogP contribution in [0.1, 0.15) is 19.7 Å². The summed E-state index contributed by atoms with van der Waals surface area (Å²) in [5, 5.41) is 0. The number of hydrogen-bond acceptors (Lipinski definition) is 4. The van der Waals surface area contributed by atoms with Gasteiger partial charge < -0.3 is 4.74 Å². The highest BCUT2D eigenvalue weighted by Gasteiger charge is 2.33. The van der Waals surface area contributed by atoms with Crippen molar-refractivity contribution in [1.29, 1.82) is 0 Å². The van der Waals surface area contributed by atoms with Gasteiger partial charge in [0.15, 0.2) is 0 Å². The van der Waals surface area contributed by atoms with Crippen LogP contribution in [0.3, 0.4) is 0 Å². The van der Waals surface area contributed by atoms with Crippen LogP contribution in [-0.2, 0) is 14.9 Å². The van der Waals surface area contributed by atoms with Crippen molar-refractivity contribution in [3.63, 3.8) is 0 Å². The summed E-state index contributed by atoms with van der Waals surface area (Å²) in [7, 11) is 1.35. The van der Waals surface area contributed by atoms with Gasteiger partial charge in [0.2, 0.25) is 0 Å². The molecule has 0 aliphatic rings. The molecule has 0 unspecified atom stereocenters. The SMILES string of the molecule is COC(=O)C(C)(C)c1ncc(Br)cn1. The number of hydrogen-bond donors (Lipinski definition) is 0. The van der Waals surface area contributed by atoms with Crippen LogP contribution in [0.2, 0.25) is 0 Å². The quantitative estimate of drug-likeness (QED) is 0.758. The Morgan fingerprint density at radius 1 is 1.43 bits per heavy atom. The van der Waals surface area contributed by atoms with E-state index in [1.165, 1.54) is 7.11 Å². The zero-order chi connectivity index (χ0) is 10.8. The van der Waals surface area contributed by atoms with E-state index in [1.54, 1.807) is 26.2 Å². The van der Waals surface area contributed by atoms with E-state index in [0.717, 1.165) is 4.47 Å². The van der Waals surface area contributed by atoms with Gasteiger partial charge in [-0.15, -0.1) is 0 Å². The fraction of sp³-hybridized carbons (Fsp3) is 0.444. The van der Waals surface area contributed by atoms with Gasteiger partial charge >= 0.3 is 5.97 Å². The lowest BCUT2D eigenvalue weighted by Gasteiger charge is -2.19. The summed E-state index contributed by atoms with van der Waals surface area (Å²) in [5.74, 6) is 0.104. The second-order valence-electron chi connectivity index (χ2n) is 3.34. The first-order valence-corrected chi connectivity index (χ1v) is 4.84. The Hall–Kier alpha value is -0.970. The summed E-state index contributed by atoms with van der Waals surface area (Å²) < 4.78 is 5.45. The monoisotopic (exact) mass is 258 g/mol. The van der Waals surface area contributed by atoms with Gasteiger partial charge in [-0.2, -0.15) is 0 Å². The molecule has 4 nitrogen and oxygen atoms in total. The molecule has 0 aromatic carbocycles. The van der Waals surface area contributed by atoms with Crippen LogP contribution < -0.4 is 0 Å². The molecule has 0 saturated carbocycles. The number of carbonyl (C=O) groups excluding carboxylic acids is 1. The largest absolute Gasteiger partial charge is 0.468 e. The summed E-state index contributed by atoms with van der Waals surface area (Å²) in [6, 6.07) is 0. The van der Waals surface area contributed by atoms with E-state index in [9.17, 15) is 4.79 Å². The number of rotatable bonds is 2. The molecule has 0 saturated heterocycles. The molecule has 1 heterocycles. The first-order valence-electron chi connectivity index (χ1n) is 4.05. The molecule has 0 N–H and O–H groups in total. The Morgan fingerprint density at radius 3 is 2.36 bits per heavy atom. The number of aromatic nitrogens is 2. The van der Waals surface area contributed by atoms with Crippen molar-refractivity contribution in [2.24, 2.45) is 0 Å². The van der Waals surface area contributed by atoms with Crippen LogP contribution in [0.5, 0.6) is 0 Å². The van der Waals surface area contributed by atoms with E-state index in [1.807, 2.05) is 0 Å². The van der Waals surface area contributed by atoms with E-state index in [4.69, 9.17) is 0 Å². The molecular weight excluding hydrogens is 248 g/mol. The predicted octanol–water partition coefficient (Wildman–Crippen LogP) is 1.69. The van der Waals surface area contributed by atoms with Crippen molar-refractivity contribution < 1.29 is 9.53 Å². The highest BCUT2D eigenvalue weighted by atomic mass is 79.9. The van der Waals surface area contributed by atoms with Gasteiger partial charge in [0, 0.05) is 12.4 Å². The van der Waals surface area contributed by atoms with Crippen molar-refractivity contribution in [3.05, 3.63) is 22.7 Å². The molecule has 0 spiro atoms. The molecule has 0 bridgehead atoms. The molecule has 0 radical (unpaired) electrons. The third-order valence-electron chi connectivity index (χ3n) is 1.88. The number of methoxy groups -OCH3 is 1. The van der Waals surface area contributed by atoms with Crippen LogP contribution in [-0.4, -0.2) is 23.0 Å². The predicted molar refractivity (Wildman–Crippen MR) is 54.8 cm³/mol. The lowest BCUT2D eigenvalue weighted by Crippen LogP contribution is -2.32.